The van der Waals surface area contributed by atoms with Crippen LogP contribution in [0.15, 0.2) is 48.7 Å². The molecule has 0 aliphatic rings. The van der Waals surface area contributed by atoms with Gasteiger partial charge in [0.2, 0.25) is 0 Å². The number of rotatable bonds is 5. The molecule has 0 fully saturated rings. The Labute approximate surface area is 117 Å². The molecule has 5 heteroatoms. The zero-order valence-electron chi connectivity index (χ0n) is 11.0. The Morgan fingerprint density at radius 3 is 2.70 bits per heavy atom. The fraction of sp³-hybridized carbons (Fsp3) is 0.200. The van der Waals surface area contributed by atoms with E-state index in [9.17, 15) is 9.90 Å². The fourth-order valence-corrected chi connectivity index (χ4v) is 1.89. The van der Waals surface area contributed by atoms with E-state index in [0.29, 0.717) is 11.3 Å². The number of aromatic nitrogens is 1. The van der Waals surface area contributed by atoms with E-state index in [1.807, 2.05) is 30.3 Å². The van der Waals surface area contributed by atoms with E-state index in [1.165, 1.54) is 0 Å². The minimum atomic E-state index is -0.432. The van der Waals surface area contributed by atoms with Crippen molar-refractivity contribution in [2.75, 3.05) is 6.61 Å². The molecule has 1 aromatic heterocycles. The van der Waals surface area contributed by atoms with Crippen molar-refractivity contribution in [3.8, 4) is 0 Å². The first-order valence-corrected chi connectivity index (χ1v) is 6.36. The molecule has 1 amide bonds. The van der Waals surface area contributed by atoms with Gasteiger partial charge in [0.05, 0.1) is 18.3 Å². The highest BCUT2D eigenvalue weighted by molar-refractivity contribution is 5.94. The van der Waals surface area contributed by atoms with E-state index in [1.54, 1.807) is 18.3 Å². The van der Waals surface area contributed by atoms with E-state index in [0.717, 1.165) is 5.56 Å². The van der Waals surface area contributed by atoms with Crippen molar-refractivity contribution < 1.29 is 9.90 Å². The lowest BCUT2D eigenvalue weighted by Crippen LogP contribution is -2.30. The molecular weight excluding hydrogens is 254 g/mol. The molecule has 1 aromatic carbocycles. The van der Waals surface area contributed by atoms with Crippen LogP contribution in [0.1, 0.15) is 27.7 Å². The van der Waals surface area contributed by atoms with Crippen molar-refractivity contribution in [1.29, 1.82) is 0 Å². The maximum atomic E-state index is 12.2. The van der Waals surface area contributed by atoms with Gasteiger partial charge >= 0.3 is 0 Å². The number of benzene rings is 1. The van der Waals surface area contributed by atoms with Gasteiger partial charge in [-0.2, -0.15) is 0 Å². The average Bonchev–Trinajstić information content (AvgIpc) is 2.53. The van der Waals surface area contributed by atoms with Crippen LogP contribution in [0.25, 0.3) is 0 Å². The molecule has 0 saturated heterocycles. The van der Waals surface area contributed by atoms with Crippen LogP contribution in [0.2, 0.25) is 0 Å². The Hall–Kier alpha value is -2.24. The van der Waals surface area contributed by atoms with Crippen molar-refractivity contribution in [3.63, 3.8) is 0 Å². The second-order valence-electron chi connectivity index (χ2n) is 4.36. The molecule has 0 unspecified atom stereocenters. The van der Waals surface area contributed by atoms with Gasteiger partial charge in [0.25, 0.3) is 5.91 Å². The first-order chi connectivity index (χ1) is 9.74. The number of nitrogens with two attached hydrogens (primary N) is 1. The van der Waals surface area contributed by atoms with E-state index < -0.39 is 6.04 Å². The van der Waals surface area contributed by atoms with Crippen molar-refractivity contribution in [1.82, 2.24) is 10.3 Å². The summed E-state index contributed by atoms with van der Waals surface area (Å²) in [7, 11) is 0. The second kappa shape index (κ2) is 6.79. The molecule has 4 N–H and O–H groups in total. The summed E-state index contributed by atoms with van der Waals surface area (Å²) in [6, 6.07) is 12.2. The minimum Gasteiger partial charge on any atom is -0.394 e. The molecule has 0 aliphatic carbocycles. The zero-order valence-corrected chi connectivity index (χ0v) is 11.0. The Morgan fingerprint density at radius 1 is 1.30 bits per heavy atom. The summed E-state index contributed by atoms with van der Waals surface area (Å²) in [4.78, 5) is 16.2. The standard InChI is InChI=1S/C15H17N3O2/c16-9-13-8-12(6-7-17-13)15(20)18-14(10-19)11-4-2-1-3-5-11/h1-8,14,19H,9-10,16H2,(H,18,20)/t14-/m1/s1. The van der Waals surface area contributed by atoms with E-state index >= 15 is 0 Å². The minimum absolute atomic E-state index is 0.162. The third kappa shape index (κ3) is 3.40. The van der Waals surface area contributed by atoms with Crippen LogP contribution in [0.5, 0.6) is 0 Å². The third-order valence-electron chi connectivity index (χ3n) is 2.98. The van der Waals surface area contributed by atoms with Crippen molar-refractivity contribution >= 4 is 5.91 Å². The molecule has 0 aliphatic heterocycles. The average molecular weight is 271 g/mol. The highest BCUT2D eigenvalue weighted by Crippen LogP contribution is 2.13. The predicted octanol–water partition coefficient (Wildman–Crippen LogP) is 1.00. The van der Waals surface area contributed by atoms with Gasteiger partial charge in [-0.05, 0) is 17.7 Å². The Bertz CT molecular complexity index is 572. The molecule has 0 radical (unpaired) electrons. The maximum Gasteiger partial charge on any atom is 0.251 e. The number of carbonyl (C=O) groups is 1. The van der Waals surface area contributed by atoms with E-state index in [-0.39, 0.29) is 19.1 Å². The topological polar surface area (TPSA) is 88.2 Å². The molecule has 5 nitrogen and oxygen atoms in total. The molecule has 2 rings (SSSR count). The monoisotopic (exact) mass is 271 g/mol. The molecule has 0 bridgehead atoms. The Kier molecular flexibility index (Phi) is 4.81. The number of aliphatic hydroxyl groups excluding tert-OH is 1. The van der Waals surface area contributed by atoms with E-state index in [4.69, 9.17) is 5.73 Å². The van der Waals surface area contributed by atoms with Crippen molar-refractivity contribution in [3.05, 3.63) is 65.5 Å². The quantitative estimate of drug-likeness (QED) is 0.757. The first-order valence-electron chi connectivity index (χ1n) is 6.36. The molecule has 0 spiro atoms. The van der Waals surface area contributed by atoms with Crippen LogP contribution in [0, 0.1) is 0 Å². The van der Waals surface area contributed by atoms with Crippen LogP contribution in [0.4, 0.5) is 0 Å². The lowest BCUT2D eigenvalue weighted by atomic mass is 10.1. The summed E-state index contributed by atoms with van der Waals surface area (Å²) in [6.45, 7) is 0.119. The molecule has 20 heavy (non-hydrogen) atoms. The first kappa shape index (κ1) is 14.2. The maximum absolute atomic E-state index is 12.2. The second-order valence-corrected chi connectivity index (χ2v) is 4.36. The fourth-order valence-electron chi connectivity index (χ4n) is 1.89. The van der Waals surface area contributed by atoms with Gasteiger partial charge in [0, 0.05) is 18.3 Å². The number of pyridine rings is 1. The zero-order chi connectivity index (χ0) is 14.4. The molecule has 1 atom stereocenters. The van der Waals surface area contributed by atoms with Gasteiger partial charge in [0.1, 0.15) is 0 Å². The van der Waals surface area contributed by atoms with Gasteiger partial charge in [-0.15, -0.1) is 0 Å². The molecule has 104 valence electrons. The number of carbonyl (C=O) groups excluding carboxylic acids is 1. The summed E-state index contributed by atoms with van der Waals surface area (Å²) in [6.07, 6.45) is 1.55. The highest BCUT2D eigenvalue weighted by atomic mass is 16.3. The number of nitrogens with zero attached hydrogens (tertiary/aromatic N) is 1. The SMILES string of the molecule is NCc1cc(C(=O)N[C@H](CO)c2ccccc2)ccn1. The molecule has 1 heterocycles. The molecule has 2 aromatic rings. The van der Waals surface area contributed by atoms with Crippen molar-refractivity contribution in [2.24, 2.45) is 5.73 Å². The van der Waals surface area contributed by atoms with Gasteiger partial charge in [-0.1, -0.05) is 30.3 Å². The van der Waals surface area contributed by atoms with Gasteiger partial charge < -0.3 is 16.2 Å². The summed E-state index contributed by atoms with van der Waals surface area (Å²) < 4.78 is 0. The van der Waals surface area contributed by atoms with Crippen LogP contribution in [0.3, 0.4) is 0 Å². The highest BCUT2D eigenvalue weighted by Gasteiger charge is 2.14. The van der Waals surface area contributed by atoms with Gasteiger partial charge in [0.15, 0.2) is 0 Å². The summed E-state index contributed by atoms with van der Waals surface area (Å²) in [5, 5.41) is 12.2. The number of hydrogen-bond acceptors (Lipinski definition) is 4. The summed E-state index contributed by atoms with van der Waals surface area (Å²) in [5.74, 6) is -0.259. The number of nitrogens with one attached hydrogen (secondary N) is 1. The van der Waals surface area contributed by atoms with Gasteiger partial charge in [-0.3, -0.25) is 9.78 Å². The normalized spacial score (nSPS) is 11.9. The lowest BCUT2D eigenvalue weighted by molar-refractivity contribution is 0.0916. The predicted molar refractivity (Wildman–Crippen MR) is 75.9 cm³/mol. The third-order valence-corrected chi connectivity index (χ3v) is 2.98. The van der Waals surface area contributed by atoms with Crippen LogP contribution in [-0.4, -0.2) is 22.6 Å². The number of amides is 1. The Morgan fingerprint density at radius 2 is 2.05 bits per heavy atom. The summed E-state index contributed by atoms with van der Waals surface area (Å²) >= 11 is 0. The largest absolute Gasteiger partial charge is 0.394 e. The van der Waals surface area contributed by atoms with Gasteiger partial charge in [-0.25, -0.2) is 0 Å². The number of hydrogen-bond donors (Lipinski definition) is 3. The van der Waals surface area contributed by atoms with E-state index in [2.05, 4.69) is 10.3 Å². The molecular formula is C15H17N3O2. The lowest BCUT2D eigenvalue weighted by Gasteiger charge is -2.16. The van der Waals surface area contributed by atoms with Crippen LogP contribution >= 0.6 is 0 Å². The molecule has 0 saturated carbocycles. The number of aliphatic hydroxyl groups is 1. The summed E-state index contributed by atoms with van der Waals surface area (Å²) in [5.41, 5.74) is 7.49. The smallest absolute Gasteiger partial charge is 0.251 e. The van der Waals surface area contributed by atoms with Crippen LogP contribution < -0.4 is 11.1 Å². The Balaban J connectivity index is 2.13. The van der Waals surface area contributed by atoms with Crippen molar-refractivity contribution in [2.45, 2.75) is 12.6 Å². The van der Waals surface area contributed by atoms with Crippen LogP contribution in [-0.2, 0) is 6.54 Å².